The van der Waals surface area contributed by atoms with Crippen LogP contribution in [0.2, 0.25) is 0 Å². The van der Waals surface area contributed by atoms with E-state index in [1.54, 1.807) is 6.07 Å². The third kappa shape index (κ3) is 1.08. The Morgan fingerprint density at radius 2 is 2.33 bits per heavy atom. The molecule has 1 heterocycles. The minimum Gasteiger partial charge on any atom is -0.466 e. The Morgan fingerprint density at radius 1 is 1.42 bits per heavy atom. The predicted octanol–water partition coefficient (Wildman–Crippen LogP) is 1.37. The van der Waals surface area contributed by atoms with E-state index in [9.17, 15) is 4.79 Å². The van der Waals surface area contributed by atoms with Crippen molar-refractivity contribution in [3.63, 3.8) is 0 Å². The van der Waals surface area contributed by atoms with Gasteiger partial charge >= 0.3 is 0 Å². The SMILES string of the molecule is O=Cc1cccc2c1OCOC2. The molecular weight excluding hydrogens is 156 g/mol. The number of para-hydroxylation sites is 1. The maximum atomic E-state index is 10.6. The van der Waals surface area contributed by atoms with Crippen molar-refractivity contribution in [3.05, 3.63) is 29.3 Å². The highest BCUT2D eigenvalue weighted by Crippen LogP contribution is 2.26. The van der Waals surface area contributed by atoms with Gasteiger partial charge in [-0.3, -0.25) is 4.79 Å². The van der Waals surface area contributed by atoms with Crippen LogP contribution in [0.4, 0.5) is 0 Å². The van der Waals surface area contributed by atoms with Gasteiger partial charge in [-0.1, -0.05) is 12.1 Å². The molecule has 1 aromatic carbocycles. The summed E-state index contributed by atoms with van der Waals surface area (Å²) in [6.45, 7) is 0.759. The lowest BCUT2D eigenvalue weighted by Crippen LogP contribution is -2.12. The van der Waals surface area contributed by atoms with Crippen LogP contribution < -0.4 is 4.74 Å². The second kappa shape index (κ2) is 2.95. The second-order valence-corrected chi connectivity index (χ2v) is 2.56. The molecule has 2 rings (SSSR count). The molecule has 0 atom stereocenters. The van der Waals surface area contributed by atoms with Crippen LogP contribution in [0.3, 0.4) is 0 Å². The summed E-state index contributed by atoms with van der Waals surface area (Å²) in [7, 11) is 0. The smallest absolute Gasteiger partial charge is 0.189 e. The highest BCUT2D eigenvalue weighted by molar-refractivity contribution is 5.80. The molecular formula is C9H8O3. The quantitative estimate of drug-likeness (QED) is 0.588. The molecule has 0 aliphatic carbocycles. The van der Waals surface area contributed by atoms with Crippen LogP contribution in [-0.4, -0.2) is 13.1 Å². The first-order chi connectivity index (χ1) is 5.92. The fraction of sp³-hybridized carbons (Fsp3) is 0.222. The highest BCUT2D eigenvalue weighted by Gasteiger charge is 2.13. The van der Waals surface area contributed by atoms with Gasteiger partial charge in [-0.25, -0.2) is 0 Å². The van der Waals surface area contributed by atoms with Crippen molar-refractivity contribution in [2.24, 2.45) is 0 Å². The van der Waals surface area contributed by atoms with Crippen molar-refractivity contribution < 1.29 is 14.3 Å². The molecule has 1 aromatic rings. The topological polar surface area (TPSA) is 35.5 Å². The number of hydrogen-bond donors (Lipinski definition) is 0. The number of carbonyl (C=O) groups is 1. The Labute approximate surface area is 69.9 Å². The van der Waals surface area contributed by atoms with Crippen molar-refractivity contribution in [2.75, 3.05) is 6.79 Å². The van der Waals surface area contributed by atoms with Crippen LogP contribution >= 0.6 is 0 Å². The molecule has 0 aromatic heterocycles. The first kappa shape index (κ1) is 7.31. The fourth-order valence-corrected chi connectivity index (χ4v) is 1.24. The van der Waals surface area contributed by atoms with Crippen LogP contribution in [0.5, 0.6) is 5.75 Å². The van der Waals surface area contributed by atoms with Gasteiger partial charge in [-0.2, -0.15) is 0 Å². The van der Waals surface area contributed by atoms with E-state index < -0.39 is 0 Å². The van der Waals surface area contributed by atoms with Crippen molar-refractivity contribution in [1.82, 2.24) is 0 Å². The summed E-state index contributed by atoms with van der Waals surface area (Å²) < 4.78 is 10.2. The zero-order valence-electron chi connectivity index (χ0n) is 6.45. The zero-order chi connectivity index (χ0) is 8.39. The van der Waals surface area contributed by atoms with Gasteiger partial charge in [0.25, 0.3) is 0 Å². The molecule has 62 valence electrons. The summed E-state index contributed by atoms with van der Waals surface area (Å²) in [6.07, 6.45) is 0.796. The van der Waals surface area contributed by atoms with Crippen LogP contribution in [0.25, 0.3) is 0 Å². The molecule has 1 aliphatic heterocycles. The van der Waals surface area contributed by atoms with E-state index in [2.05, 4.69) is 0 Å². The van der Waals surface area contributed by atoms with Gasteiger partial charge in [0.2, 0.25) is 0 Å². The first-order valence-electron chi connectivity index (χ1n) is 3.69. The van der Waals surface area contributed by atoms with Gasteiger partial charge in [-0.05, 0) is 6.07 Å². The Balaban J connectivity index is 2.51. The van der Waals surface area contributed by atoms with Gasteiger partial charge in [0, 0.05) is 5.56 Å². The number of aldehydes is 1. The van der Waals surface area contributed by atoms with E-state index in [0.717, 1.165) is 11.8 Å². The number of ether oxygens (including phenoxy) is 2. The molecule has 3 nitrogen and oxygen atoms in total. The Kier molecular flexibility index (Phi) is 1.80. The van der Waals surface area contributed by atoms with E-state index in [-0.39, 0.29) is 6.79 Å². The summed E-state index contributed by atoms with van der Waals surface area (Å²) in [4.78, 5) is 10.6. The molecule has 0 bridgehead atoms. The number of carbonyl (C=O) groups excluding carboxylic acids is 1. The highest BCUT2D eigenvalue weighted by atomic mass is 16.7. The van der Waals surface area contributed by atoms with E-state index in [1.807, 2.05) is 12.1 Å². The second-order valence-electron chi connectivity index (χ2n) is 2.56. The summed E-state index contributed by atoms with van der Waals surface area (Å²) in [5.74, 6) is 0.666. The molecule has 3 heteroatoms. The van der Waals surface area contributed by atoms with Gasteiger partial charge in [-0.15, -0.1) is 0 Å². The standard InChI is InChI=1S/C9H8O3/c10-4-7-2-1-3-8-5-11-6-12-9(7)8/h1-4H,5-6H2. The zero-order valence-corrected chi connectivity index (χ0v) is 6.45. The fourth-order valence-electron chi connectivity index (χ4n) is 1.24. The van der Waals surface area contributed by atoms with E-state index >= 15 is 0 Å². The lowest BCUT2D eigenvalue weighted by Gasteiger charge is -2.18. The average Bonchev–Trinajstić information content (AvgIpc) is 2.17. The van der Waals surface area contributed by atoms with Crippen molar-refractivity contribution in [2.45, 2.75) is 6.61 Å². The molecule has 0 radical (unpaired) electrons. The molecule has 0 saturated carbocycles. The average molecular weight is 164 g/mol. The van der Waals surface area contributed by atoms with Crippen LogP contribution in [0, 0.1) is 0 Å². The third-order valence-corrected chi connectivity index (χ3v) is 1.80. The molecule has 0 unspecified atom stereocenters. The van der Waals surface area contributed by atoms with Gasteiger partial charge in [0.05, 0.1) is 12.2 Å². The summed E-state index contributed by atoms with van der Waals surface area (Å²) in [6, 6.07) is 5.44. The van der Waals surface area contributed by atoms with Gasteiger partial charge in [0.15, 0.2) is 13.1 Å². The minimum absolute atomic E-state index is 0.234. The number of fused-ring (bicyclic) bond motifs is 1. The van der Waals surface area contributed by atoms with Crippen molar-refractivity contribution in [1.29, 1.82) is 0 Å². The maximum absolute atomic E-state index is 10.6. The molecule has 0 spiro atoms. The normalized spacial score (nSPS) is 14.7. The van der Waals surface area contributed by atoms with Crippen LogP contribution in [-0.2, 0) is 11.3 Å². The molecule has 1 aliphatic rings. The van der Waals surface area contributed by atoms with E-state index in [1.165, 1.54) is 0 Å². The number of hydrogen-bond acceptors (Lipinski definition) is 3. The molecule has 0 saturated heterocycles. The van der Waals surface area contributed by atoms with E-state index in [0.29, 0.717) is 17.9 Å². The number of benzene rings is 1. The summed E-state index contributed by atoms with van der Waals surface area (Å²) in [5.41, 5.74) is 1.53. The van der Waals surface area contributed by atoms with Crippen LogP contribution in [0.15, 0.2) is 18.2 Å². The first-order valence-corrected chi connectivity index (χ1v) is 3.69. The maximum Gasteiger partial charge on any atom is 0.189 e. The molecule has 0 N–H and O–H groups in total. The van der Waals surface area contributed by atoms with Gasteiger partial charge < -0.3 is 9.47 Å². The third-order valence-electron chi connectivity index (χ3n) is 1.80. The van der Waals surface area contributed by atoms with E-state index in [4.69, 9.17) is 9.47 Å². The Morgan fingerprint density at radius 3 is 3.17 bits per heavy atom. The molecule has 0 amide bonds. The lowest BCUT2D eigenvalue weighted by molar-refractivity contribution is -0.0166. The predicted molar refractivity (Wildman–Crippen MR) is 42.1 cm³/mol. The summed E-state index contributed by atoms with van der Waals surface area (Å²) in [5, 5.41) is 0. The largest absolute Gasteiger partial charge is 0.466 e. The van der Waals surface area contributed by atoms with Crippen molar-refractivity contribution >= 4 is 6.29 Å². The van der Waals surface area contributed by atoms with Gasteiger partial charge in [0.1, 0.15) is 5.75 Å². The van der Waals surface area contributed by atoms with Crippen LogP contribution in [0.1, 0.15) is 15.9 Å². The number of rotatable bonds is 1. The Hall–Kier alpha value is -1.35. The molecule has 12 heavy (non-hydrogen) atoms. The van der Waals surface area contributed by atoms with Crippen molar-refractivity contribution in [3.8, 4) is 5.75 Å². The minimum atomic E-state index is 0.234. The summed E-state index contributed by atoms with van der Waals surface area (Å²) >= 11 is 0. The lowest BCUT2D eigenvalue weighted by atomic mass is 10.1. The molecule has 0 fully saturated rings. The monoisotopic (exact) mass is 164 g/mol. The Bertz CT molecular complexity index is 307.